The van der Waals surface area contributed by atoms with Gasteiger partial charge in [0.05, 0.1) is 38.5 Å². The number of nitrogens with one attached hydrogen (secondary N) is 3. The molecule has 0 aliphatic carbocycles. The second-order valence-corrected chi connectivity index (χ2v) is 4.30. The van der Waals surface area contributed by atoms with Crippen molar-refractivity contribution in [2.75, 3.05) is 33.0 Å². The highest BCUT2D eigenvalue weighted by Crippen LogP contribution is 1.82. The predicted molar refractivity (Wildman–Crippen MR) is 86.9 cm³/mol. The molecule has 0 heterocycles. The molecule has 0 spiro atoms. The van der Waals surface area contributed by atoms with Gasteiger partial charge in [-0.2, -0.15) is 0 Å². The number of aliphatic hydroxyl groups excluding tert-OH is 4. The third kappa shape index (κ3) is 21.5. The Morgan fingerprint density at radius 2 is 1.45 bits per heavy atom. The van der Waals surface area contributed by atoms with Crippen LogP contribution in [0.3, 0.4) is 0 Å². The molecule has 0 aliphatic rings. The molecule has 10 heteroatoms. The van der Waals surface area contributed by atoms with E-state index in [4.69, 9.17) is 20.4 Å². The van der Waals surface area contributed by atoms with E-state index in [9.17, 15) is 9.59 Å². The lowest BCUT2D eigenvalue weighted by Crippen LogP contribution is -2.39. The van der Waals surface area contributed by atoms with E-state index in [1.807, 2.05) is 6.92 Å². The Hall–Kier alpha value is -0.830. The smallest absolute Gasteiger partial charge is 0.220 e. The van der Waals surface area contributed by atoms with Gasteiger partial charge in [-0.15, -0.1) is 0 Å². The van der Waals surface area contributed by atoms with Crippen molar-refractivity contribution in [3.63, 3.8) is 0 Å². The summed E-state index contributed by atoms with van der Waals surface area (Å²) in [6.07, 6.45) is 0.813. The van der Waals surface area contributed by atoms with E-state index in [0.717, 1.165) is 6.54 Å². The second kappa shape index (κ2) is 22.5. The fraction of sp³-hybridized carbons (Fsp3) is 0.833. The topological polar surface area (TPSA) is 151 Å². The Morgan fingerprint density at radius 1 is 1.05 bits per heavy atom. The standard InChI is InChI=1S/C6H13NO3.C4H9NO3.C2H8NP/c1-2-6(10)7-5(3-8)4-9;6-1-4(2-7)5-3-8;1-2-3-4/h5,8-9H,2-4H2,1H3,(H,7,10);3-4,6-7H,1-2H2,(H,5,8);3H,2,4H2,1H3. The SMILES string of the molecule is CCC(=O)NC(CO)CO.CCNP.O=CNC(CO)CO. The van der Waals surface area contributed by atoms with Crippen molar-refractivity contribution in [2.24, 2.45) is 0 Å². The molecule has 0 radical (unpaired) electrons. The molecule has 7 N–H and O–H groups in total. The number of rotatable bonds is 9. The molecule has 1 atom stereocenters. The van der Waals surface area contributed by atoms with Gasteiger partial charge in [0.25, 0.3) is 0 Å². The largest absolute Gasteiger partial charge is 0.394 e. The van der Waals surface area contributed by atoms with Gasteiger partial charge in [-0.05, 0) is 6.54 Å². The van der Waals surface area contributed by atoms with Crippen molar-refractivity contribution in [2.45, 2.75) is 32.4 Å². The van der Waals surface area contributed by atoms with Crippen LogP contribution in [0, 0.1) is 0 Å². The van der Waals surface area contributed by atoms with E-state index in [-0.39, 0.29) is 32.3 Å². The molecule has 0 fully saturated rings. The summed E-state index contributed by atoms with van der Waals surface area (Å²) in [4.78, 5) is 20.2. The van der Waals surface area contributed by atoms with Gasteiger partial charge in [-0.1, -0.05) is 23.2 Å². The van der Waals surface area contributed by atoms with E-state index < -0.39 is 12.1 Å². The number of carbonyl (C=O) groups is 2. The summed E-state index contributed by atoms with van der Waals surface area (Å²) < 4.78 is 0. The van der Waals surface area contributed by atoms with Gasteiger partial charge in [-0.3, -0.25) is 9.59 Å². The molecule has 1 unspecified atom stereocenters. The molecule has 9 nitrogen and oxygen atoms in total. The molecule has 0 rings (SSSR count). The number of hydrogen-bond acceptors (Lipinski definition) is 7. The minimum absolute atomic E-state index is 0.159. The number of carbonyl (C=O) groups excluding carboxylic acids is 2. The lowest BCUT2D eigenvalue weighted by Gasteiger charge is -2.11. The van der Waals surface area contributed by atoms with Gasteiger partial charge in [0.2, 0.25) is 12.3 Å². The number of aliphatic hydroxyl groups is 4. The van der Waals surface area contributed by atoms with E-state index >= 15 is 0 Å². The van der Waals surface area contributed by atoms with Gasteiger partial charge in [0, 0.05) is 6.42 Å². The summed E-state index contributed by atoms with van der Waals surface area (Å²) in [7, 11) is 2.41. The Kier molecular flexibility index (Phi) is 26.6. The monoisotopic (exact) mass is 343 g/mol. The maximum absolute atomic E-state index is 10.6. The first-order valence-corrected chi connectivity index (χ1v) is 7.44. The van der Waals surface area contributed by atoms with Crippen molar-refractivity contribution in [3.8, 4) is 0 Å². The van der Waals surface area contributed by atoms with Crippen LogP contribution in [0.2, 0.25) is 0 Å². The van der Waals surface area contributed by atoms with Gasteiger partial charge < -0.3 is 36.1 Å². The fourth-order valence-corrected chi connectivity index (χ4v) is 0.738. The average Bonchev–Trinajstić information content (AvgIpc) is 2.57. The van der Waals surface area contributed by atoms with Crippen LogP contribution in [0.4, 0.5) is 0 Å². The van der Waals surface area contributed by atoms with E-state index in [1.165, 1.54) is 0 Å². The Morgan fingerprint density at radius 3 is 1.64 bits per heavy atom. The van der Waals surface area contributed by atoms with Crippen molar-refractivity contribution in [1.82, 2.24) is 15.7 Å². The Balaban J connectivity index is -0.000000269. The molecule has 0 aromatic carbocycles. The highest BCUT2D eigenvalue weighted by Gasteiger charge is 2.06. The average molecular weight is 343 g/mol. The van der Waals surface area contributed by atoms with E-state index in [0.29, 0.717) is 12.8 Å². The number of hydrogen-bond donors (Lipinski definition) is 7. The zero-order valence-electron chi connectivity index (χ0n) is 13.2. The third-order valence-electron chi connectivity index (χ3n) is 2.08. The van der Waals surface area contributed by atoms with Gasteiger partial charge in [-0.25, -0.2) is 0 Å². The summed E-state index contributed by atoms with van der Waals surface area (Å²) in [6.45, 7) is 3.90. The lowest BCUT2D eigenvalue weighted by molar-refractivity contribution is -0.122. The van der Waals surface area contributed by atoms with Crippen molar-refractivity contribution < 1.29 is 30.0 Å². The molecule has 0 bridgehead atoms. The molecule has 134 valence electrons. The summed E-state index contributed by atoms with van der Waals surface area (Å²) >= 11 is 0. The first kappa shape index (κ1) is 26.1. The summed E-state index contributed by atoms with van der Waals surface area (Å²) in [6, 6.07) is -1.01. The van der Waals surface area contributed by atoms with Gasteiger partial charge in [0.15, 0.2) is 0 Å². The normalized spacial score (nSPS) is 9.32. The third-order valence-corrected chi connectivity index (χ3v) is 2.48. The number of amides is 2. The van der Waals surface area contributed by atoms with Gasteiger partial charge in [0.1, 0.15) is 0 Å². The first-order valence-electron chi connectivity index (χ1n) is 6.86. The quantitative estimate of drug-likeness (QED) is 0.178. The Bertz CT molecular complexity index is 239. The molecule has 22 heavy (non-hydrogen) atoms. The highest BCUT2D eigenvalue weighted by atomic mass is 31.0. The zero-order chi connectivity index (χ0) is 17.8. The zero-order valence-corrected chi connectivity index (χ0v) is 14.3. The van der Waals surface area contributed by atoms with Crippen LogP contribution < -0.4 is 15.7 Å². The molecular formula is C12H30N3O6P. The summed E-state index contributed by atoms with van der Waals surface area (Å²) in [5, 5.41) is 41.0. The van der Waals surface area contributed by atoms with Gasteiger partial charge >= 0.3 is 0 Å². The van der Waals surface area contributed by atoms with Crippen LogP contribution in [0.15, 0.2) is 0 Å². The minimum atomic E-state index is -0.507. The first-order chi connectivity index (χ1) is 10.5. The maximum Gasteiger partial charge on any atom is 0.220 e. The molecule has 2 amide bonds. The minimum Gasteiger partial charge on any atom is -0.394 e. The van der Waals surface area contributed by atoms with Crippen molar-refractivity contribution >= 4 is 21.7 Å². The maximum atomic E-state index is 10.6. The van der Waals surface area contributed by atoms with Crippen LogP contribution in [0.5, 0.6) is 0 Å². The predicted octanol–water partition coefficient (Wildman–Crippen LogP) is -2.66. The van der Waals surface area contributed by atoms with Crippen LogP contribution in [-0.2, 0) is 9.59 Å². The molecule has 0 aromatic rings. The fourth-order valence-electron chi connectivity index (χ4n) is 0.738. The molecule has 0 saturated heterocycles. The highest BCUT2D eigenvalue weighted by molar-refractivity contribution is 7.13. The van der Waals surface area contributed by atoms with Crippen LogP contribution in [-0.4, -0.2) is 77.8 Å². The lowest BCUT2D eigenvalue weighted by atomic mass is 10.3. The van der Waals surface area contributed by atoms with E-state index in [2.05, 4.69) is 25.1 Å². The summed E-state index contributed by atoms with van der Waals surface area (Å²) in [5.74, 6) is -0.159. The van der Waals surface area contributed by atoms with Crippen molar-refractivity contribution in [1.29, 1.82) is 0 Å². The Labute approximate surface area is 133 Å². The van der Waals surface area contributed by atoms with Crippen LogP contribution in [0.1, 0.15) is 20.3 Å². The summed E-state index contributed by atoms with van der Waals surface area (Å²) in [5.41, 5.74) is 0. The van der Waals surface area contributed by atoms with E-state index in [1.54, 1.807) is 6.92 Å². The van der Waals surface area contributed by atoms with Crippen molar-refractivity contribution in [3.05, 3.63) is 0 Å². The van der Waals surface area contributed by atoms with Crippen LogP contribution in [0.25, 0.3) is 0 Å². The second-order valence-electron chi connectivity index (χ2n) is 3.89. The van der Waals surface area contributed by atoms with Crippen LogP contribution >= 0.6 is 9.39 Å². The molecular weight excluding hydrogens is 313 g/mol. The molecule has 0 aromatic heterocycles. The molecule has 0 aliphatic heterocycles. The molecule has 0 saturated carbocycles.